The SMILES string of the molecule is CCN(CC)CCN(C)Cc1ccc2c(n1)CO/C2=C1/C(=O)Nc2ccc(F)cc21. The zero-order valence-corrected chi connectivity index (χ0v) is 17.7. The van der Waals surface area contributed by atoms with Crippen LogP contribution in [-0.2, 0) is 22.7 Å². The summed E-state index contributed by atoms with van der Waals surface area (Å²) in [6.45, 7) is 9.50. The first kappa shape index (κ1) is 20.5. The van der Waals surface area contributed by atoms with Gasteiger partial charge in [0, 0.05) is 36.4 Å². The van der Waals surface area contributed by atoms with Crippen LogP contribution in [0.2, 0.25) is 0 Å². The number of rotatable bonds is 7. The lowest BCUT2D eigenvalue weighted by Crippen LogP contribution is -2.33. The summed E-state index contributed by atoms with van der Waals surface area (Å²) in [5.41, 5.74) is 4.07. The minimum absolute atomic E-state index is 0.279. The van der Waals surface area contributed by atoms with Gasteiger partial charge in [0.25, 0.3) is 5.91 Å². The summed E-state index contributed by atoms with van der Waals surface area (Å²) in [6.07, 6.45) is 0. The number of hydrogen-bond acceptors (Lipinski definition) is 5. The Hall–Kier alpha value is -2.77. The van der Waals surface area contributed by atoms with E-state index in [2.05, 4.69) is 36.0 Å². The fourth-order valence-corrected chi connectivity index (χ4v) is 3.95. The molecular formula is C23H27FN4O2. The van der Waals surface area contributed by atoms with Crippen molar-refractivity contribution in [3.8, 4) is 0 Å². The van der Waals surface area contributed by atoms with E-state index < -0.39 is 0 Å². The third-order valence-electron chi connectivity index (χ3n) is 5.71. The van der Waals surface area contributed by atoms with Crippen LogP contribution < -0.4 is 5.32 Å². The molecule has 1 aromatic heterocycles. The Morgan fingerprint density at radius 1 is 1.13 bits per heavy atom. The average Bonchev–Trinajstić information content (AvgIpc) is 3.27. The molecule has 6 nitrogen and oxygen atoms in total. The van der Waals surface area contributed by atoms with Crippen molar-refractivity contribution in [3.63, 3.8) is 0 Å². The van der Waals surface area contributed by atoms with Crippen LogP contribution in [-0.4, -0.2) is 53.9 Å². The van der Waals surface area contributed by atoms with E-state index in [1.54, 1.807) is 6.07 Å². The van der Waals surface area contributed by atoms with Crippen LogP contribution in [0.5, 0.6) is 0 Å². The molecule has 2 aliphatic heterocycles. The van der Waals surface area contributed by atoms with Crippen molar-refractivity contribution in [2.24, 2.45) is 0 Å². The summed E-state index contributed by atoms with van der Waals surface area (Å²) >= 11 is 0. The molecule has 0 saturated carbocycles. The molecule has 7 heteroatoms. The normalized spacial score (nSPS) is 17.3. The molecule has 0 radical (unpaired) electrons. The largest absolute Gasteiger partial charge is 0.486 e. The van der Waals surface area contributed by atoms with Crippen molar-refractivity contribution in [2.45, 2.75) is 27.0 Å². The third kappa shape index (κ3) is 3.95. The summed E-state index contributed by atoms with van der Waals surface area (Å²) in [7, 11) is 2.09. The number of aromatic nitrogens is 1. The number of nitrogens with one attached hydrogen (secondary N) is 1. The Balaban J connectivity index is 1.54. The van der Waals surface area contributed by atoms with Crippen molar-refractivity contribution in [3.05, 3.63) is 58.7 Å². The molecule has 1 N–H and O–H groups in total. The molecular weight excluding hydrogens is 383 g/mol. The average molecular weight is 410 g/mol. The van der Waals surface area contributed by atoms with E-state index in [1.165, 1.54) is 12.1 Å². The number of halogens is 1. The standard InChI is InChI=1S/C23H27FN4O2/c1-4-28(5-2)11-10-27(3)13-16-7-8-17-20(25-16)14-30-22(17)21-18-12-15(24)6-9-19(18)26-23(21)29/h6-9,12H,4-5,10-11,13-14H2,1-3H3,(H,26,29)/b22-21+. The minimum Gasteiger partial charge on any atom is -0.486 e. The molecule has 158 valence electrons. The topological polar surface area (TPSA) is 57.7 Å². The van der Waals surface area contributed by atoms with Crippen LogP contribution in [0.15, 0.2) is 30.3 Å². The van der Waals surface area contributed by atoms with Crippen molar-refractivity contribution >= 4 is 22.9 Å². The Morgan fingerprint density at radius 3 is 2.70 bits per heavy atom. The van der Waals surface area contributed by atoms with Gasteiger partial charge in [-0.2, -0.15) is 0 Å². The maximum absolute atomic E-state index is 13.8. The molecule has 3 heterocycles. The fraction of sp³-hybridized carbons (Fsp3) is 0.391. The number of anilines is 1. The number of carbonyl (C=O) groups is 1. The predicted octanol–water partition coefficient (Wildman–Crippen LogP) is 3.34. The van der Waals surface area contributed by atoms with Crippen LogP contribution in [0.25, 0.3) is 11.3 Å². The quantitative estimate of drug-likeness (QED) is 0.710. The Morgan fingerprint density at radius 2 is 1.93 bits per heavy atom. The van der Waals surface area contributed by atoms with Gasteiger partial charge in [-0.05, 0) is 50.5 Å². The van der Waals surface area contributed by atoms with E-state index in [0.717, 1.165) is 49.7 Å². The van der Waals surface area contributed by atoms with Crippen LogP contribution in [0.4, 0.5) is 10.1 Å². The van der Waals surface area contributed by atoms with Gasteiger partial charge < -0.3 is 15.0 Å². The molecule has 0 fully saturated rings. The summed E-state index contributed by atoms with van der Waals surface area (Å²) in [5, 5.41) is 2.78. The fourth-order valence-electron chi connectivity index (χ4n) is 3.95. The summed E-state index contributed by atoms with van der Waals surface area (Å²) in [4.78, 5) is 21.9. The van der Waals surface area contributed by atoms with Crippen LogP contribution in [0.3, 0.4) is 0 Å². The lowest BCUT2D eigenvalue weighted by molar-refractivity contribution is -0.110. The van der Waals surface area contributed by atoms with Gasteiger partial charge in [-0.1, -0.05) is 13.8 Å². The molecule has 2 aliphatic rings. The molecule has 0 spiro atoms. The van der Waals surface area contributed by atoms with Gasteiger partial charge in [0.2, 0.25) is 0 Å². The smallest absolute Gasteiger partial charge is 0.260 e. The van der Waals surface area contributed by atoms with Gasteiger partial charge >= 0.3 is 0 Å². The highest BCUT2D eigenvalue weighted by Gasteiger charge is 2.33. The van der Waals surface area contributed by atoms with Gasteiger partial charge in [0.1, 0.15) is 18.2 Å². The first-order chi connectivity index (χ1) is 14.5. The second-order valence-electron chi connectivity index (χ2n) is 7.70. The van der Waals surface area contributed by atoms with E-state index in [1.807, 2.05) is 12.1 Å². The highest BCUT2D eigenvalue weighted by Crippen LogP contribution is 2.41. The number of fused-ring (bicyclic) bond motifs is 2. The monoisotopic (exact) mass is 410 g/mol. The molecule has 0 bridgehead atoms. The number of benzene rings is 1. The van der Waals surface area contributed by atoms with Gasteiger partial charge in [0.05, 0.1) is 17.0 Å². The number of hydrogen-bond donors (Lipinski definition) is 1. The Bertz CT molecular complexity index is 1000. The minimum atomic E-state index is -0.386. The number of likely N-dealkylation sites (N-methyl/N-ethyl adjacent to an activating group) is 2. The van der Waals surface area contributed by atoms with Crippen LogP contribution in [0, 0.1) is 5.82 Å². The predicted molar refractivity (Wildman–Crippen MR) is 115 cm³/mol. The molecule has 0 unspecified atom stereocenters. The summed E-state index contributed by atoms with van der Waals surface area (Å²) in [5.74, 6) is -0.192. The van der Waals surface area contributed by atoms with Crippen molar-refractivity contribution in [1.82, 2.24) is 14.8 Å². The summed E-state index contributed by atoms with van der Waals surface area (Å²) in [6, 6.07) is 8.20. The molecule has 1 amide bonds. The number of ether oxygens (including phenoxy) is 1. The van der Waals surface area contributed by atoms with Gasteiger partial charge in [0.15, 0.2) is 0 Å². The first-order valence-electron chi connectivity index (χ1n) is 10.4. The van der Waals surface area contributed by atoms with Crippen LogP contribution >= 0.6 is 0 Å². The number of amides is 1. The van der Waals surface area contributed by atoms with Gasteiger partial charge in [-0.3, -0.25) is 14.7 Å². The molecule has 2 aromatic rings. The molecule has 0 atom stereocenters. The zero-order chi connectivity index (χ0) is 21.3. The second kappa shape index (κ2) is 8.53. The van der Waals surface area contributed by atoms with Crippen LogP contribution in [0.1, 0.15) is 36.4 Å². The molecule has 1 aromatic carbocycles. The van der Waals surface area contributed by atoms with Crippen molar-refractivity contribution in [2.75, 3.05) is 38.5 Å². The van der Waals surface area contributed by atoms with Crippen molar-refractivity contribution < 1.29 is 13.9 Å². The van der Waals surface area contributed by atoms with E-state index >= 15 is 0 Å². The molecule has 0 aliphatic carbocycles. The van der Waals surface area contributed by atoms with Gasteiger partial charge in [-0.25, -0.2) is 4.39 Å². The summed E-state index contributed by atoms with van der Waals surface area (Å²) < 4.78 is 19.6. The van der Waals surface area contributed by atoms with Gasteiger partial charge in [-0.15, -0.1) is 0 Å². The number of pyridine rings is 1. The molecule has 30 heavy (non-hydrogen) atoms. The maximum Gasteiger partial charge on any atom is 0.260 e. The van der Waals surface area contributed by atoms with E-state index in [-0.39, 0.29) is 11.7 Å². The third-order valence-corrected chi connectivity index (χ3v) is 5.71. The van der Waals surface area contributed by atoms with E-state index in [4.69, 9.17) is 9.72 Å². The first-order valence-corrected chi connectivity index (χ1v) is 10.4. The zero-order valence-electron chi connectivity index (χ0n) is 17.7. The number of nitrogens with zero attached hydrogens (tertiary/aromatic N) is 3. The second-order valence-corrected chi connectivity index (χ2v) is 7.70. The highest BCUT2D eigenvalue weighted by atomic mass is 19.1. The number of carbonyl (C=O) groups excluding carboxylic acids is 1. The Labute approximate surface area is 176 Å². The Kier molecular flexibility index (Phi) is 5.83. The van der Waals surface area contributed by atoms with E-state index in [9.17, 15) is 9.18 Å². The maximum atomic E-state index is 13.8. The lowest BCUT2D eigenvalue weighted by atomic mass is 10.0. The molecule has 4 rings (SSSR count). The molecule has 0 saturated heterocycles. The highest BCUT2D eigenvalue weighted by molar-refractivity contribution is 6.36. The lowest BCUT2D eigenvalue weighted by Gasteiger charge is -2.22. The van der Waals surface area contributed by atoms with Crippen molar-refractivity contribution in [1.29, 1.82) is 0 Å². The van der Waals surface area contributed by atoms with E-state index in [0.29, 0.717) is 29.2 Å².